The van der Waals surface area contributed by atoms with Crippen LogP contribution < -0.4 is 14.9 Å². The molecule has 8 nitrogen and oxygen atoms in total. The second-order valence-corrected chi connectivity index (χ2v) is 8.44. The Morgan fingerprint density at radius 2 is 1.63 bits per heavy atom. The molecule has 1 aliphatic rings. The van der Waals surface area contributed by atoms with Gasteiger partial charge >= 0.3 is 10.1 Å². The van der Waals surface area contributed by atoms with Crippen LogP contribution in [0.25, 0.3) is 0 Å². The fraction of sp³-hybridized carbons (Fsp3) is 0.143. The second-order valence-electron chi connectivity index (χ2n) is 6.89. The zero-order valence-electron chi connectivity index (χ0n) is 16.6. The Hall–Kier alpha value is -3.43. The van der Waals surface area contributed by atoms with Gasteiger partial charge in [0, 0.05) is 20.6 Å². The molecule has 2 N–H and O–H groups in total. The minimum absolute atomic E-state index is 0.0341. The van der Waals surface area contributed by atoms with Crippen molar-refractivity contribution in [1.82, 2.24) is 5.01 Å². The lowest BCUT2D eigenvalue weighted by molar-refractivity contribution is 0.345. The molecule has 30 heavy (non-hydrogen) atoms. The standard InChI is InChI=1S/C21H21N5O3S/c1-25-14-15-8-13-19(22)20(21(15)26(25)2)24-23-16-9-11-18(12-10-16)30(27,28)29-17-6-4-3-5-7-17/h3-13H,14,22H2,1-2H3. The normalized spacial score (nSPS) is 14.3. The molecule has 0 aliphatic carbocycles. The molecular formula is C21H21N5O3S. The third kappa shape index (κ3) is 3.85. The number of nitrogen functional groups attached to an aromatic ring is 1. The van der Waals surface area contributed by atoms with Crippen molar-refractivity contribution in [2.24, 2.45) is 10.2 Å². The van der Waals surface area contributed by atoms with Crippen LogP contribution in [0.3, 0.4) is 0 Å². The zero-order valence-corrected chi connectivity index (χ0v) is 17.4. The molecule has 0 aromatic heterocycles. The van der Waals surface area contributed by atoms with E-state index in [1.807, 2.05) is 31.2 Å². The first-order chi connectivity index (χ1) is 14.3. The molecule has 1 aliphatic heterocycles. The first kappa shape index (κ1) is 19.9. The third-order valence-corrected chi connectivity index (χ3v) is 6.10. The SMILES string of the molecule is CN1Cc2ccc(N)c(N=Nc3ccc(S(=O)(=O)Oc4ccccc4)cc3)c2N1C. The molecule has 0 amide bonds. The summed E-state index contributed by atoms with van der Waals surface area (Å²) in [7, 11) is -0.00872. The van der Waals surface area contributed by atoms with Gasteiger partial charge in [0.2, 0.25) is 0 Å². The highest BCUT2D eigenvalue weighted by atomic mass is 32.2. The average Bonchev–Trinajstić information content (AvgIpc) is 3.02. The Morgan fingerprint density at radius 3 is 2.33 bits per heavy atom. The van der Waals surface area contributed by atoms with Gasteiger partial charge in [-0.15, -0.1) is 5.11 Å². The van der Waals surface area contributed by atoms with E-state index in [0.717, 1.165) is 17.8 Å². The van der Waals surface area contributed by atoms with E-state index in [-0.39, 0.29) is 10.6 Å². The molecule has 1 heterocycles. The molecule has 0 saturated carbocycles. The van der Waals surface area contributed by atoms with Gasteiger partial charge in [0.1, 0.15) is 16.3 Å². The number of rotatable bonds is 5. The molecule has 0 unspecified atom stereocenters. The van der Waals surface area contributed by atoms with E-state index >= 15 is 0 Å². The largest absolute Gasteiger partial charge is 0.397 e. The van der Waals surface area contributed by atoms with Gasteiger partial charge in [0.05, 0.1) is 17.1 Å². The molecule has 154 valence electrons. The molecular weight excluding hydrogens is 402 g/mol. The van der Waals surface area contributed by atoms with E-state index in [9.17, 15) is 8.42 Å². The molecule has 0 fully saturated rings. The fourth-order valence-corrected chi connectivity index (χ4v) is 4.12. The molecule has 3 aromatic carbocycles. The van der Waals surface area contributed by atoms with E-state index < -0.39 is 10.1 Å². The van der Waals surface area contributed by atoms with Crippen LogP contribution in [-0.2, 0) is 16.7 Å². The van der Waals surface area contributed by atoms with Crippen molar-refractivity contribution in [3.05, 3.63) is 72.3 Å². The van der Waals surface area contributed by atoms with E-state index in [2.05, 4.69) is 15.2 Å². The van der Waals surface area contributed by atoms with Crippen molar-refractivity contribution >= 4 is 32.9 Å². The van der Waals surface area contributed by atoms with Crippen molar-refractivity contribution in [2.75, 3.05) is 24.8 Å². The highest BCUT2D eigenvalue weighted by molar-refractivity contribution is 7.87. The van der Waals surface area contributed by atoms with Crippen molar-refractivity contribution in [2.45, 2.75) is 11.4 Å². The van der Waals surface area contributed by atoms with E-state index in [0.29, 0.717) is 17.1 Å². The summed E-state index contributed by atoms with van der Waals surface area (Å²) in [5, 5.41) is 12.6. The topological polar surface area (TPSA) is 101 Å². The van der Waals surface area contributed by atoms with Crippen molar-refractivity contribution in [3.63, 3.8) is 0 Å². The number of azo groups is 1. The number of hydrogen-bond donors (Lipinski definition) is 1. The summed E-state index contributed by atoms with van der Waals surface area (Å²) in [6.45, 7) is 0.766. The summed E-state index contributed by atoms with van der Waals surface area (Å²) < 4.78 is 30.0. The van der Waals surface area contributed by atoms with Crippen molar-refractivity contribution in [3.8, 4) is 5.75 Å². The molecule has 4 rings (SSSR count). The Labute approximate surface area is 175 Å². The quantitative estimate of drug-likeness (QED) is 0.374. The molecule has 0 spiro atoms. The predicted octanol–water partition coefficient (Wildman–Crippen LogP) is 4.25. The van der Waals surface area contributed by atoms with Crippen LogP contribution in [0.1, 0.15) is 5.56 Å². The van der Waals surface area contributed by atoms with Crippen LogP contribution in [0.2, 0.25) is 0 Å². The Kier molecular flexibility index (Phi) is 5.15. The van der Waals surface area contributed by atoms with Crippen LogP contribution in [-0.4, -0.2) is 27.5 Å². The maximum Gasteiger partial charge on any atom is 0.339 e. The van der Waals surface area contributed by atoms with Gasteiger partial charge in [-0.1, -0.05) is 24.3 Å². The maximum absolute atomic E-state index is 12.4. The lowest BCUT2D eigenvalue weighted by atomic mass is 10.1. The smallest absolute Gasteiger partial charge is 0.339 e. The van der Waals surface area contributed by atoms with Gasteiger partial charge < -0.3 is 14.9 Å². The Morgan fingerprint density at radius 1 is 0.933 bits per heavy atom. The summed E-state index contributed by atoms with van der Waals surface area (Å²) in [4.78, 5) is 0.0341. The zero-order chi connectivity index (χ0) is 21.3. The highest BCUT2D eigenvalue weighted by Gasteiger charge is 2.25. The van der Waals surface area contributed by atoms with Gasteiger partial charge in [-0.05, 0) is 48.0 Å². The monoisotopic (exact) mass is 423 g/mol. The van der Waals surface area contributed by atoms with Crippen LogP contribution in [0, 0.1) is 0 Å². The third-order valence-electron chi connectivity index (χ3n) is 4.84. The first-order valence-electron chi connectivity index (χ1n) is 9.22. The van der Waals surface area contributed by atoms with Gasteiger partial charge in [-0.2, -0.15) is 13.5 Å². The molecule has 0 bridgehead atoms. The van der Waals surface area contributed by atoms with Crippen molar-refractivity contribution < 1.29 is 12.6 Å². The number of fused-ring (bicyclic) bond motifs is 1. The predicted molar refractivity (Wildman–Crippen MR) is 116 cm³/mol. The second kappa shape index (κ2) is 7.77. The number of anilines is 2. The summed E-state index contributed by atoms with van der Waals surface area (Å²) in [6.07, 6.45) is 0. The Balaban J connectivity index is 1.57. The maximum atomic E-state index is 12.4. The lowest BCUT2D eigenvalue weighted by Crippen LogP contribution is -2.29. The molecule has 0 atom stereocenters. The molecule has 9 heteroatoms. The molecule has 3 aromatic rings. The number of hydrazine groups is 1. The van der Waals surface area contributed by atoms with Crippen LogP contribution >= 0.6 is 0 Å². The van der Waals surface area contributed by atoms with E-state index in [1.165, 1.54) is 12.1 Å². The van der Waals surface area contributed by atoms with Gasteiger partial charge in [0.25, 0.3) is 0 Å². The number of benzene rings is 3. The van der Waals surface area contributed by atoms with Gasteiger partial charge in [0.15, 0.2) is 0 Å². The minimum Gasteiger partial charge on any atom is -0.397 e. The average molecular weight is 423 g/mol. The number of nitrogens with zero attached hydrogens (tertiary/aromatic N) is 4. The molecule has 0 saturated heterocycles. The van der Waals surface area contributed by atoms with E-state index in [4.69, 9.17) is 9.92 Å². The summed E-state index contributed by atoms with van der Waals surface area (Å²) in [6, 6.07) is 18.2. The van der Waals surface area contributed by atoms with Crippen LogP contribution in [0.5, 0.6) is 5.75 Å². The van der Waals surface area contributed by atoms with Crippen molar-refractivity contribution in [1.29, 1.82) is 0 Å². The summed E-state index contributed by atoms with van der Waals surface area (Å²) in [5.74, 6) is 0.253. The van der Waals surface area contributed by atoms with E-state index in [1.54, 1.807) is 42.5 Å². The van der Waals surface area contributed by atoms with Crippen LogP contribution in [0.15, 0.2) is 81.9 Å². The highest BCUT2D eigenvalue weighted by Crippen LogP contribution is 2.42. The summed E-state index contributed by atoms with van der Waals surface area (Å²) in [5.41, 5.74) is 9.76. The lowest BCUT2D eigenvalue weighted by Gasteiger charge is -2.22. The number of para-hydroxylation sites is 1. The Bertz CT molecular complexity index is 1200. The fourth-order valence-electron chi connectivity index (χ4n) is 3.19. The number of hydrogen-bond acceptors (Lipinski definition) is 8. The summed E-state index contributed by atoms with van der Waals surface area (Å²) >= 11 is 0. The first-order valence-corrected chi connectivity index (χ1v) is 10.6. The molecule has 0 radical (unpaired) electrons. The van der Waals surface area contributed by atoms with Gasteiger partial charge in [-0.3, -0.25) is 0 Å². The number of nitrogens with two attached hydrogens (primary N) is 1. The van der Waals surface area contributed by atoms with Gasteiger partial charge in [-0.25, -0.2) is 5.01 Å². The minimum atomic E-state index is -3.93. The van der Waals surface area contributed by atoms with Crippen LogP contribution in [0.4, 0.5) is 22.7 Å².